The lowest BCUT2D eigenvalue weighted by Crippen LogP contribution is -2.71. The second kappa shape index (κ2) is 8.99. The smallest absolute Gasteiger partial charge is 0.352 e. The van der Waals surface area contributed by atoms with E-state index in [1.165, 1.54) is 31.3 Å². The number of nitrogens with one attached hydrogen (secondary N) is 1. The third kappa shape index (κ3) is 4.28. The van der Waals surface area contributed by atoms with Gasteiger partial charge < -0.3 is 24.7 Å². The van der Waals surface area contributed by atoms with Gasteiger partial charge >= 0.3 is 12.0 Å². The summed E-state index contributed by atoms with van der Waals surface area (Å²) in [5.41, 5.74) is -0.0295. The minimum absolute atomic E-state index is 0.109. The Morgan fingerprint density at radius 3 is 2.84 bits per heavy atom. The van der Waals surface area contributed by atoms with Gasteiger partial charge in [0.05, 0.1) is 6.34 Å². The Kier molecular flexibility index (Phi) is 6.39. The molecule has 0 radical (unpaired) electrons. The Balaban J connectivity index is 1.77. The van der Waals surface area contributed by atoms with Gasteiger partial charge in [0.15, 0.2) is 0 Å². The fourth-order valence-corrected chi connectivity index (χ4v) is 4.15. The van der Waals surface area contributed by atoms with Gasteiger partial charge in [0.1, 0.15) is 24.2 Å². The number of carboxylic acid groups (broad SMARTS) is 1. The molecule has 0 saturated carbocycles. The van der Waals surface area contributed by atoms with Crippen molar-refractivity contribution in [2.75, 3.05) is 27.0 Å². The summed E-state index contributed by atoms with van der Waals surface area (Å²) < 4.78 is 4.95. The summed E-state index contributed by atoms with van der Waals surface area (Å²) >= 11 is 1.31. The normalized spacial score (nSPS) is 20.9. The van der Waals surface area contributed by atoms with Crippen molar-refractivity contribution in [2.24, 2.45) is 10.1 Å². The van der Waals surface area contributed by atoms with Crippen LogP contribution < -0.4 is 5.32 Å². The lowest BCUT2D eigenvalue weighted by Gasteiger charge is -2.49. The van der Waals surface area contributed by atoms with E-state index in [1.54, 1.807) is 19.0 Å². The number of thioether (sulfide) groups is 1. The summed E-state index contributed by atoms with van der Waals surface area (Å²) in [6, 6.07) is -1.07. The molecule has 1 unspecified atom stereocenters. The van der Waals surface area contributed by atoms with Gasteiger partial charge in [-0.1, -0.05) is 23.0 Å². The van der Waals surface area contributed by atoms with Gasteiger partial charge in [0.2, 0.25) is 11.5 Å². The van der Waals surface area contributed by atoms with Crippen LogP contribution in [-0.4, -0.2) is 93.3 Å². The number of allylic oxidation sites excluding steroid dienone is 1. The Morgan fingerprint density at radius 2 is 2.23 bits per heavy atom. The number of rotatable bonds is 8. The molecule has 3 heterocycles. The largest absolute Gasteiger partial charge is 0.477 e. The highest BCUT2D eigenvalue weighted by Crippen LogP contribution is 2.40. The van der Waals surface area contributed by atoms with E-state index in [-0.39, 0.29) is 23.2 Å². The molecule has 0 aromatic carbocycles. The Morgan fingerprint density at radius 1 is 1.48 bits per heavy atom. The number of carbonyl (C=O) groups is 3. The monoisotopic (exact) mass is 449 g/mol. The zero-order valence-corrected chi connectivity index (χ0v) is 17.6. The van der Waals surface area contributed by atoms with E-state index in [0.717, 1.165) is 4.90 Å². The number of oxime groups is 1. The highest BCUT2D eigenvalue weighted by Gasteiger charge is 2.54. The van der Waals surface area contributed by atoms with Gasteiger partial charge in [-0.15, -0.1) is 11.8 Å². The van der Waals surface area contributed by atoms with Gasteiger partial charge in [0.25, 0.3) is 11.8 Å². The van der Waals surface area contributed by atoms with Crippen LogP contribution in [0, 0.1) is 0 Å². The maximum atomic E-state index is 12.8. The topological polar surface area (TPSA) is 163 Å². The van der Waals surface area contributed by atoms with E-state index in [1.807, 2.05) is 0 Å². The van der Waals surface area contributed by atoms with Crippen molar-refractivity contribution in [1.82, 2.24) is 25.3 Å². The first-order chi connectivity index (χ1) is 14.8. The van der Waals surface area contributed by atoms with E-state index < -0.39 is 29.2 Å². The molecule has 1 saturated heterocycles. The predicted molar refractivity (Wildman–Crippen MR) is 110 cm³/mol. The molecule has 1 aromatic heterocycles. The number of aliphatic carboxylic acids is 1. The standard InChI is InChI=1S/C17H19N7O6S/c1-5-8-6-31-15-10(14(26)24(15)11(8)16(27)28)19-13(25)9(21-29-4)12-20-17(30-22-12)18-7-23(2)3/h5,7,10,15H,1,6H2,2-4H3,(H,19,25)(H,27,28)/b18-7+,21-9-/t10?,15-/m1/s1. The van der Waals surface area contributed by atoms with Crippen molar-refractivity contribution in [3.63, 3.8) is 0 Å². The van der Waals surface area contributed by atoms with Gasteiger partial charge in [0, 0.05) is 19.8 Å². The number of hydrogen-bond donors (Lipinski definition) is 2. The average Bonchev–Trinajstić information content (AvgIpc) is 3.21. The molecule has 1 aromatic rings. The zero-order chi connectivity index (χ0) is 22.7. The van der Waals surface area contributed by atoms with Gasteiger partial charge in [-0.2, -0.15) is 9.98 Å². The molecule has 2 atom stereocenters. The summed E-state index contributed by atoms with van der Waals surface area (Å²) in [4.78, 5) is 52.3. The molecule has 13 nitrogen and oxygen atoms in total. The second-order valence-corrected chi connectivity index (χ2v) is 7.58. The van der Waals surface area contributed by atoms with E-state index in [4.69, 9.17) is 9.36 Å². The predicted octanol–water partition coefficient (Wildman–Crippen LogP) is -0.434. The summed E-state index contributed by atoms with van der Waals surface area (Å²) in [6.07, 6.45) is 2.83. The SMILES string of the molecule is C=CC1=C(C(=O)O)N2C(=O)C(NC(=O)/C(=N\OC)c3noc(/N=C/N(C)C)n3)[C@H]2SC1. The Labute approximate surface area is 180 Å². The molecule has 1 fully saturated rings. The first kappa shape index (κ1) is 22.0. The molecular formula is C17H19N7O6S. The highest BCUT2D eigenvalue weighted by atomic mass is 32.2. The number of fused-ring (bicyclic) bond motifs is 1. The summed E-state index contributed by atoms with van der Waals surface area (Å²) in [5.74, 6) is -2.45. The van der Waals surface area contributed by atoms with Crippen LogP contribution in [0.15, 0.2) is 38.6 Å². The maximum Gasteiger partial charge on any atom is 0.352 e. The third-order valence-electron chi connectivity index (χ3n) is 4.16. The van der Waals surface area contributed by atoms with Crippen LogP contribution in [0.4, 0.5) is 6.01 Å². The van der Waals surface area contributed by atoms with E-state index in [0.29, 0.717) is 11.3 Å². The lowest BCUT2D eigenvalue weighted by atomic mass is 10.0. The van der Waals surface area contributed by atoms with Crippen molar-refractivity contribution in [1.29, 1.82) is 0 Å². The Bertz CT molecular complexity index is 1010. The van der Waals surface area contributed by atoms with Crippen molar-refractivity contribution in [3.8, 4) is 0 Å². The van der Waals surface area contributed by atoms with Crippen LogP contribution in [0.25, 0.3) is 0 Å². The summed E-state index contributed by atoms with van der Waals surface area (Å²) in [5, 5.41) is 18.7. The molecule has 0 spiro atoms. The number of carbonyl (C=O) groups excluding carboxylic acids is 2. The molecule has 0 bridgehead atoms. The summed E-state index contributed by atoms with van der Waals surface area (Å²) in [6.45, 7) is 3.59. The van der Waals surface area contributed by atoms with Crippen LogP contribution in [0.3, 0.4) is 0 Å². The molecule has 2 aliphatic heterocycles. The summed E-state index contributed by atoms with van der Waals surface area (Å²) in [7, 11) is 4.72. The fraction of sp³-hybridized carbons (Fsp3) is 0.353. The zero-order valence-electron chi connectivity index (χ0n) is 16.8. The van der Waals surface area contributed by atoms with Crippen molar-refractivity contribution in [3.05, 3.63) is 29.7 Å². The highest BCUT2D eigenvalue weighted by molar-refractivity contribution is 8.00. The molecular weight excluding hydrogens is 430 g/mol. The molecule has 31 heavy (non-hydrogen) atoms. The van der Waals surface area contributed by atoms with Crippen LogP contribution in [0.2, 0.25) is 0 Å². The van der Waals surface area contributed by atoms with Crippen molar-refractivity contribution in [2.45, 2.75) is 11.4 Å². The number of carboxylic acids is 1. The first-order valence-corrected chi connectivity index (χ1v) is 9.83. The van der Waals surface area contributed by atoms with Crippen molar-refractivity contribution >= 4 is 47.6 Å². The van der Waals surface area contributed by atoms with E-state index in [2.05, 4.69) is 32.2 Å². The molecule has 2 amide bonds. The quantitative estimate of drug-likeness (QED) is 0.230. The molecule has 14 heteroatoms. The number of amides is 2. The average molecular weight is 449 g/mol. The number of aliphatic imine (C=N–C) groups is 1. The van der Waals surface area contributed by atoms with Crippen LogP contribution in [0.5, 0.6) is 0 Å². The van der Waals surface area contributed by atoms with Gasteiger partial charge in [-0.25, -0.2) is 4.79 Å². The fourth-order valence-electron chi connectivity index (χ4n) is 2.81. The maximum absolute atomic E-state index is 12.8. The van der Waals surface area contributed by atoms with Crippen LogP contribution >= 0.6 is 11.8 Å². The molecule has 2 aliphatic rings. The van der Waals surface area contributed by atoms with Crippen molar-refractivity contribution < 1.29 is 28.9 Å². The molecule has 0 aliphatic carbocycles. The number of aromatic nitrogens is 2. The van der Waals surface area contributed by atoms with Gasteiger partial charge in [-0.3, -0.25) is 14.5 Å². The first-order valence-electron chi connectivity index (χ1n) is 8.78. The Hall–Kier alpha value is -3.68. The van der Waals surface area contributed by atoms with Crippen LogP contribution in [0.1, 0.15) is 5.82 Å². The number of β-lactam (4-membered cyclic amide) rings is 1. The lowest BCUT2D eigenvalue weighted by molar-refractivity contribution is -0.150. The third-order valence-corrected chi connectivity index (χ3v) is 5.46. The van der Waals surface area contributed by atoms with E-state index in [9.17, 15) is 19.5 Å². The van der Waals surface area contributed by atoms with Gasteiger partial charge in [-0.05, 0) is 5.57 Å². The second-order valence-electron chi connectivity index (χ2n) is 6.48. The number of hydrogen-bond acceptors (Lipinski definition) is 10. The van der Waals surface area contributed by atoms with E-state index >= 15 is 0 Å². The number of nitrogens with zero attached hydrogens (tertiary/aromatic N) is 6. The molecule has 3 rings (SSSR count). The van der Waals surface area contributed by atoms with Crippen LogP contribution in [-0.2, 0) is 19.2 Å². The minimum atomic E-state index is -1.24. The molecule has 164 valence electrons. The molecule has 2 N–H and O–H groups in total. The minimum Gasteiger partial charge on any atom is -0.477 e.